The van der Waals surface area contributed by atoms with Crippen molar-refractivity contribution >= 4 is 12.1 Å². The molecule has 0 aromatic heterocycles. The van der Waals surface area contributed by atoms with Crippen molar-refractivity contribution in [2.45, 2.75) is 83.0 Å². The van der Waals surface area contributed by atoms with E-state index in [4.69, 9.17) is 9.47 Å². The smallest absolute Gasteiger partial charge is 0.410 e. The van der Waals surface area contributed by atoms with Crippen LogP contribution in [0, 0.1) is 0 Å². The van der Waals surface area contributed by atoms with E-state index >= 15 is 0 Å². The highest BCUT2D eigenvalue weighted by atomic mass is 16.6. The Morgan fingerprint density at radius 3 is 2.68 bits per heavy atom. The summed E-state index contributed by atoms with van der Waals surface area (Å²) in [6.07, 6.45) is 5.75. The Morgan fingerprint density at radius 2 is 2.00 bits per heavy atom. The van der Waals surface area contributed by atoms with Crippen LogP contribution in [0.25, 0.3) is 0 Å². The van der Waals surface area contributed by atoms with Gasteiger partial charge in [0.1, 0.15) is 11.4 Å². The summed E-state index contributed by atoms with van der Waals surface area (Å²) in [4.78, 5) is 19.0. The second-order valence-electron chi connectivity index (χ2n) is 9.87. The normalized spacial score (nSPS) is 25.1. The SMILES string of the molecule is CN=C(NCCc1ccc2c(c1)CCO2)NC1CC2CCC(C1)N2C(=O)OC(C)(C)C. The molecule has 31 heavy (non-hydrogen) atoms. The third kappa shape index (κ3) is 5.25. The molecular formula is C24H36N4O3. The molecule has 2 bridgehead atoms. The third-order valence-electron chi connectivity index (χ3n) is 6.36. The van der Waals surface area contributed by atoms with E-state index in [-0.39, 0.29) is 18.2 Å². The molecule has 3 aliphatic heterocycles. The maximum atomic E-state index is 12.6. The van der Waals surface area contributed by atoms with E-state index in [0.717, 1.165) is 63.4 Å². The molecule has 7 nitrogen and oxygen atoms in total. The van der Waals surface area contributed by atoms with Crippen LogP contribution in [0.2, 0.25) is 0 Å². The minimum Gasteiger partial charge on any atom is -0.493 e. The fourth-order valence-electron chi connectivity index (χ4n) is 5.02. The Bertz CT molecular complexity index is 819. The third-order valence-corrected chi connectivity index (χ3v) is 6.36. The summed E-state index contributed by atoms with van der Waals surface area (Å²) in [5, 5.41) is 7.03. The predicted molar refractivity (Wildman–Crippen MR) is 122 cm³/mol. The summed E-state index contributed by atoms with van der Waals surface area (Å²) in [7, 11) is 1.81. The van der Waals surface area contributed by atoms with Crippen molar-refractivity contribution < 1.29 is 14.3 Å². The first kappa shape index (κ1) is 21.8. The Balaban J connectivity index is 1.26. The van der Waals surface area contributed by atoms with E-state index in [1.807, 2.05) is 32.7 Å². The van der Waals surface area contributed by atoms with Crippen LogP contribution in [0.4, 0.5) is 4.79 Å². The molecule has 3 aliphatic rings. The zero-order valence-electron chi connectivity index (χ0n) is 19.2. The lowest BCUT2D eigenvalue weighted by molar-refractivity contribution is 0.00545. The number of rotatable bonds is 4. The fraction of sp³-hybridized carbons (Fsp3) is 0.667. The Morgan fingerprint density at radius 1 is 1.26 bits per heavy atom. The summed E-state index contributed by atoms with van der Waals surface area (Å²) in [5.74, 6) is 1.86. The number of aliphatic imine (C=N–C) groups is 1. The predicted octanol–water partition coefficient (Wildman–Crippen LogP) is 3.26. The molecule has 170 valence electrons. The van der Waals surface area contributed by atoms with Gasteiger partial charge >= 0.3 is 6.09 Å². The zero-order valence-corrected chi connectivity index (χ0v) is 19.2. The maximum Gasteiger partial charge on any atom is 0.410 e. The molecule has 4 rings (SSSR count). The van der Waals surface area contributed by atoms with Crippen LogP contribution in [0.3, 0.4) is 0 Å². The summed E-state index contributed by atoms with van der Waals surface area (Å²) < 4.78 is 11.2. The van der Waals surface area contributed by atoms with E-state index in [1.54, 1.807) is 0 Å². The van der Waals surface area contributed by atoms with Gasteiger partial charge in [0.2, 0.25) is 0 Å². The number of piperidine rings is 1. The van der Waals surface area contributed by atoms with E-state index < -0.39 is 5.60 Å². The van der Waals surface area contributed by atoms with Crippen molar-refractivity contribution in [1.82, 2.24) is 15.5 Å². The number of carbonyl (C=O) groups is 1. The quantitative estimate of drug-likeness (QED) is 0.569. The second kappa shape index (κ2) is 8.97. The minimum absolute atomic E-state index is 0.166. The van der Waals surface area contributed by atoms with Crippen LogP contribution in [0.15, 0.2) is 23.2 Å². The summed E-state index contributed by atoms with van der Waals surface area (Å²) in [6, 6.07) is 7.30. The number of hydrogen-bond donors (Lipinski definition) is 2. The van der Waals surface area contributed by atoms with E-state index in [9.17, 15) is 4.79 Å². The number of nitrogens with zero attached hydrogens (tertiary/aromatic N) is 2. The first-order chi connectivity index (χ1) is 14.8. The van der Waals surface area contributed by atoms with Gasteiger partial charge in [0, 0.05) is 38.1 Å². The second-order valence-corrected chi connectivity index (χ2v) is 9.87. The lowest BCUT2D eigenvalue weighted by atomic mass is 9.98. The van der Waals surface area contributed by atoms with Crippen LogP contribution in [0.1, 0.15) is 57.6 Å². The highest BCUT2D eigenvalue weighted by Crippen LogP contribution is 2.36. The lowest BCUT2D eigenvalue weighted by Gasteiger charge is -2.40. The molecule has 0 spiro atoms. The van der Waals surface area contributed by atoms with Crippen molar-refractivity contribution in [3.8, 4) is 5.75 Å². The molecule has 3 heterocycles. The molecule has 2 fully saturated rings. The average Bonchev–Trinajstić information content (AvgIpc) is 3.27. The standard InChI is InChI=1S/C24H36N4O3/c1-24(2,3)31-23(29)28-19-6-7-20(28)15-18(14-19)27-22(25-4)26-11-9-16-5-8-21-17(13-16)10-12-30-21/h5,8,13,18-20H,6-7,9-12,14-15H2,1-4H3,(H2,25,26,27). The van der Waals surface area contributed by atoms with Crippen molar-refractivity contribution in [3.63, 3.8) is 0 Å². The molecule has 1 aromatic carbocycles. The number of amides is 1. The van der Waals surface area contributed by atoms with Gasteiger partial charge in [0.05, 0.1) is 6.61 Å². The molecule has 1 amide bonds. The van der Waals surface area contributed by atoms with Crippen molar-refractivity contribution in [3.05, 3.63) is 29.3 Å². The van der Waals surface area contributed by atoms with E-state index in [2.05, 4.69) is 33.8 Å². The number of nitrogens with one attached hydrogen (secondary N) is 2. The number of ether oxygens (including phenoxy) is 2. The molecule has 0 radical (unpaired) electrons. The Labute approximate surface area is 185 Å². The monoisotopic (exact) mass is 428 g/mol. The van der Waals surface area contributed by atoms with Gasteiger partial charge in [-0.3, -0.25) is 4.99 Å². The first-order valence-corrected chi connectivity index (χ1v) is 11.6. The maximum absolute atomic E-state index is 12.6. The number of carbonyl (C=O) groups excluding carboxylic acids is 1. The van der Waals surface area contributed by atoms with Gasteiger partial charge in [0.25, 0.3) is 0 Å². The van der Waals surface area contributed by atoms with Gasteiger partial charge in [0.15, 0.2) is 5.96 Å². The molecule has 2 N–H and O–H groups in total. The summed E-state index contributed by atoms with van der Waals surface area (Å²) in [5.41, 5.74) is 2.17. The Hall–Kier alpha value is -2.44. The highest BCUT2D eigenvalue weighted by Gasteiger charge is 2.45. The minimum atomic E-state index is -0.455. The Kier molecular flexibility index (Phi) is 6.30. The van der Waals surface area contributed by atoms with Crippen LogP contribution in [-0.2, 0) is 17.6 Å². The summed E-state index contributed by atoms with van der Waals surface area (Å²) >= 11 is 0. The number of guanidine groups is 1. The number of benzene rings is 1. The molecule has 2 saturated heterocycles. The largest absolute Gasteiger partial charge is 0.493 e. The highest BCUT2D eigenvalue weighted by molar-refractivity contribution is 5.80. The molecule has 0 saturated carbocycles. The zero-order chi connectivity index (χ0) is 22.0. The topological polar surface area (TPSA) is 75.2 Å². The number of hydrogen-bond acceptors (Lipinski definition) is 4. The number of fused-ring (bicyclic) bond motifs is 3. The van der Waals surface area contributed by atoms with Crippen LogP contribution in [-0.4, -0.2) is 60.9 Å². The molecule has 2 atom stereocenters. The van der Waals surface area contributed by atoms with E-state index in [0.29, 0.717) is 6.04 Å². The van der Waals surface area contributed by atoms with Gasteiger partial charge in [-0.05, 0) is 70.1 Å². The van der Waals surface area contributed by atoms with Gasteiger partial charge < -0.3 is 25.0 Å². The van der Waals surface area contributed by atoms with Crippen molar-refractivity contribution in [2.75, 3.05) is 20.2 Å². The molecule has 2 unspecified atom stereocenters. The van der Waals surface area contributed by atoms with Gasteiger partial charge in [-0.15, -0.1) is 0 Å². The molecule has 1 aromatic rings. The molecule has 7 heteroatoms. The first-order valence-electron chi connectivity index (χ1n) is 11.6. The lowest BCUT2D eigenvalue weighted by Crippen LogP contribution is -2.55. The van der Waals surface area contributed by atoms with Crippen LogP contribution in [0.5, 0.6) is 5.75 Å². The van der Waals surface area contributed by atoms with Crippen molar-refractivity contribution in [1.29, 1.82) is 0 Å². The van der Waals surface area contributed by atoms with Crippen LogP contribution < -0.4 is 15.4 Å². The molecular weight excluding hydrogens is 392 g/mol. The van der Waals surface area contributed by atoms with Gasteiger partial charge in [-0.1, -0.05) is 12.1 Å². The van der Waals surface area contributed by atoms with Crippen molar-refractivity contribution in [2.24, 2.45) is 4.99 Å². The molecule has 0 aliphatic carbocycles. The van der Waals surface area contributed by atoms with E-state index in [1.165, 1.54) is 11.1 Å². The average molecular weight is 429 g/mol. The summed E-state index contributed by atoms with van der Waals surface area (Å²) in [6.45, 7) is 7.39. The van der Waals surface area contributed by atoms with Gasteiger partial charge in [-0.25, -0.2) is 4.79 Å². The fourth-order valence-corrected chi connectivity index (χ4v) is 5.02. The van der Waals surface area contributed by atoms with Gasteiger partial charge in [-0.2, -0.15) is 0 Å². The van der Waals surface area contributed by atoms with Crippen LogP contribution >= 0.6 is 0 Å².